The lowest BCUT2D eigenvalue weighted by atomic mass is 9.88. The first-order valence-electron chi connectivity index (χ1n) is 42.2. The lowest BCUT2D eigenvalue weighted by Gasteiger charge is -2.17. The molecule has 16 heteroatoms. The van der Waals surface area contributed by atoms with E-state index in [1.54, 1.807) is 34.8 Å². The van der Waals surface area contributed by atoms with E-state index in [9.17, 15) is 10.2 Å². The van der Waals surface area contributed by atoms with Crippen molar-refractivity contribution in [2.45, 2.75) is 324 Å². The molecule has 11 rings (SSSR count). The van der Waals surface area contributed by atoms with Crippen molar-refractivity contribution < 1.29 is 19.0 Å². The Labute approximate surface area is 678 Å². The van der Waals surface area contributed by atoms with Gasteiger partial charge >= 0.3 is 0 Å². The minimum atomic E-state index is -0.301. The van der Waals surface area contributed by atoms with Gasteiger partial charge in [-0.2, -0.15) is 17.5 Å². The summed E-state index contributed by atoms with van der Waals surface area (Å²) in [5.41, 5.74) is 11.4. The van der Waals surface area contributed by atoms with Crippen molar-refractivity contribution in [1.29, 1.82) is 0 Å². The predicted octanol–water partition coefficient (Wildman–Crippen LogP) is 32.8. The van der Waals surface area contributed by atoms with Gasteiger partial charge in [-0.25, -0.2) is 8.78 Å². The Hall–Kier alpha value is -4.46. The van der Waals surface area contributed by atoms with Gasteiger partial charge in [0.2, 0.25) is 0 Å². The van der Waals surface area contributed by atoms with Gasteiger partial charge < -0.3 is 10.2 Å². The molecule has 3 aromatic carbocycles. The first-order valence-corrected chi connectivity index (χ1v) is 48.6. The lowest BCUT2D eigenvalue weighted by Crippen LogP contribution is -2.05. The molecule has 2 N–H and O–H groups in total. The molecular formula is C92H122F2N4O2S8. The van der Waals surface area contributed by atoms with Crippen LogP contribution in [0.15, 0.2) is 72.8 Å². The number of hydrogen-bond acceptors (Lipinski definition) is 14. The highest BCUT2D eigenvalue weighted by Crippen LogP contribution is 2.51. The first kappa shape index (κ1) is 84.4. The first-order chi connectivity index (χ1) is 53.0. The summed E-state index contributed by atoms with van der Waals surface area (Å²) in [5.74, 6) is 0.636. The fourth-order valence-electron chi connectivity index (χ4n) is 16.4. The zero-order valence-electron chi connectivity index (χ0n) is 65.9. The summed E-state index contributed by atoms with van der Waals surface area (Å²) >= 11 is 12.2. The third-order valence-electron chi connectivity index (χ3n) is 22.7. The van der Waals surface area contributed by atoms with E-state index in [4.69, 9.17) is 17.5 Å². The quantitative estimate of drug-likeness (QED) is 0.0369. The van der Waals surface area contributed by atoms with Crippen molar-refractivity contribution in [3.8, 4) is 71.0 Å². The molecule has 0 saturated carbocycles. The highest BCUT2D eigenvalue weighted by Gasteiger charge is 2.28. The average Bonchev–Trinajstić information content (AvgIpc) is 1.51. The van der Waals surface area contributed by atoms with E-state index in [1.165, 1.54) is 335 Å². The lowest BCUT2D eigenvalue weighted by molar-refractivity contribution is 0.279. The van der Waals surface area contributed by atoms with Crippen LogP contribution < -0.4 is 0 Å². The largest absolute Gasteiger partial charge is 0.392 e. The second-order valence-corrected chi connectivity index (χ2v) is 39.1. The van der Waals surface area contributed by atoms with Gasteiger partial charge in [0.1, 0.15) is 33.7 Å². The highest BCUT2D eigenvalue weighted by atomic mass is 32.1. The Morgan fingerprint density at radius 3 is 1.08 bits per heavy atom. The molecule has 0 bridgehead atoms. The summed E-state index contributed by atoms with van der Waals surface area (Å²) in [6, 6.07) is 24.7. The molecule has 0 radical (unpaired) electrons. The summed E-state index contributed by atoms with van der Waals surface area (Å²) in [7, 11) is 0. The average molecular weight is 1610 g/mol. The molecule has 0 aliphatic heterocycles. The van der Waals surface area contributed by atoms with Gasteiger partial charge in [-0.3, -0.25) is 0 Å². The molecule has 11 aromatic rings. The predicted molar refractivity (Wildman–Crippen MR) is 474 cm³/mol. The number of aliphatic hydroxyl groups is 2. The van der Waals surface area contributed by atoms with Crippen LogP contribution in [0, 0.1) is 37.3 Å². The van der Waals surface area contributed by atoms with Gasteiger partial charge in [-0.15, -0.1) is 68.0 Å². The van der Waals surface area contributed by atoms with E-state index in [0.29, 0.717) is 43.2 Å². The molecule has 2 atom stereocenters. The van der Waals surface area contributed by atoms with Crippen LogP contribution in [0.25, 0.3) is 104 Å². The third-order valence-corrected chi connectivity index (χ3v) is 31.0. The van der Waals surface area contributed by atoms with Gasteiger partial charge in [-0.05, 0) is 145 Å². The fourth-order valence-corrected chi connectivity index (χ4v) is 24.2. The number of halogens is 2. The smallest absolute Gasteiger partial charge is 0.143 e. The normalized spacial score (nSPS) is 12.6. The topological polar surface area (TPSA) is 92.0 Å². The maximum atomic E-state index is 17.3. The van der Waals surface area contributed by atoms with Crippen molar-refractivity contribution in [1.82, 2.24) is 17.5 Å². The van der Waals surface area contributed by atoms with Crippen LogP contribution in [-0.4, -0.2) is 27.7 Å². The summed E-state index contributed by atoms with van der Waals surface area (Å²) in [6.45, 7) is 13.1. The van der Waals surface area contributed by atoms with Gasteiger partial charge in [0, 0.05) is 70.7 Å². The molecule has 8 aromatic heterocycles. The van der Waals surface area contributed by atoms with Crippen LogP contribution in [0.2, 0.25) is 0 Å². The Bertz CT molecular complexity index is 4480. The molecule has 0 spiro atoms. The highest BCUT2D eigenvalue weighted by molar-refractivity contribution is 7.28. The second-order valence-electron chi connectivity index (χ2n) is 31.3. The molecule has 0 aliphatic carbocycles. The molecule has 0 fully saturated rings. The fraction of sp³-hybridized carbons (Fsp3) is 0.565. The van der Waals surface area contributed by atoms with Crippen LogP contribution in [0.3, 0.4) is 0 Å². The number of nitrogens with zero attached hydrogens (tertiary/aromatic N) is 4. The van der Waals surface area contributed by atoms with Crippen LogP contribution >= 0.6 is 91.5 Å². The Morgan fingerprint density at radius 1 is 0.306 bits per heavy atom. The van der Waals surface area contributed by atoms with Gasteiger partial charge in [0.25, 0.3) is 0 Å². The summed E-state index contributed by atoms with van der Waals surface area (Å²) < 4.78 is 53.6. The van der Waals surface area contributed by atoms with Crippen molar-refractivity contribution in [3.63, 3.8) is 0 Å². The Morgan fingerprint density at radius 2 is 0.648 bits per heavy atom. The van der Waals surface area contributed by atoms with Crippen LogP contribution in [-0.2, 0) is 26.1 Å². The Kier molecular flexibility index (Phi) is 35.1. The number of aliphatic hydroxyl groups excluding tert-OH is 2. The van der Waals surface area contributed by atoms with Crippen LogP contribution in [0.4, 0.5) is 8.78 Å². The number of fused-ring (bicyclic) bond motifs is 5. The zero-order chi connectivity index (χ0) is 75.4. The number of benzene rings is 3. The Balaban J connectivity index is 0.900. The molecule has 2 unspecified atom stereocenters. The van der Waals surface area contributed by atoms with Crippen molar-refractivity contribution in [3.05, 3.63) is 116 Å². The van der Waals surface area contributed by atoms with Gasteiger partial charge in [0.15, 0.2) is 0 Å². The molecule has 584 valence electrons. The van der Waals surface area contributed by atoms with Crippen LogP contribution in [0.5, 0.6) is 0 Å². The zero-order valence-corrected chi connectivity index (χ0v) is 72.4. The second kappa shape index (κ2) is 44.8. The molecule has 0 amide bonds. The number of aromatic nitrogens is 4. The van der Waals surface area contributed by atoms with E-state index in [2.05, 4.69) is 58.9 Å². The summed E-state index contributed by atoms with van der Waals surface area (Å²) in [5, 5.41) is 24.0. The summed E-state index contributed by atoms with van der Waals surface area (Å²) in [4.78, 5) is 11.3. The van der Waals surface area contributed by atoms with E-state index in [0.717, 1.165) is 96.5 Å². The van der Waals surface area contributed by atoms with Gasteiger partial charge in [-0.1, -0.05) is 285 Å². The number of unbranched alkanes of at least 4 members (excludes halogenated alkanes) is 32. The van der Waals surface area contributed by atoms with E-state index >= 15 is 8.78 Å². The minimum absolute atomic E-state index is 0.252. The van der Waals surface area contributed by atoms with Crippen molar-refractivity contribution >= 4 is 124 Å². The SMILES string of the molecule is CCCCCCCCCCCCC(CCCCCCCCCC)Cc1cc(-c2cc3c(cc(-c4cc(CC(CCCCCCCCCC)CCCCCCCCCCCC)c(-c5cc(F)c(-c6ccc(-c7cc(CO)c(-c8cc(F)c(-c9ccc(C)s9)s8)cc7CO)s6)s5)s4)c4nsnc43)c3nsnc23)sc1C. The molecule has 8 heterocycles. The van der Waals surface area contributed by atoms with Crippen molar-refractivity contribution in [2.24, 2.45) is 11.8 Å². The van der Waals surface area contributed by atoms with E-state index in [-0.39, 0.29) is 24.8 Å². The maximum absolute atomic E-state index is 17.3. The number of hydrogen-bond donors (Lipinski definition) is 2. The number of aryl methyl sites for hydroxylation is 2. The standard InChI is InChI=1S/C92H122F2N4O2S8/c1-7-11-15-19-23-27-29-33-37-40-44-65(43-39-35-31-25-21-17-13-9-3)51-67-55-82(102-64(67)6)75-57-73-74(86-88(75)97-107-95-86)58-76(89-87(73)96-108-98-89)83-56-68(52-66(45-41-36-32-26-22-18-14-10-4)46-42-38-34-30-28-24-20-16-12-8-2)90(104-83)85-60-78(94)92(106-85)81-50-49-79(103-81)71-53-70(62-100)72(54-69(71)61-99)84-59-77(93)91(105-84)80-48-47-63(5)101-80/h47-50,53-60,65-66,99-100H,7-46,51-52,61-62H2,1-6H3. The molecule has 6 nitrogen and oxygen atoms in total. The molecule has 0 saturated heterocycles. The number of rotatable bonds is 53. The maximum Gasteiger partial charge on any atom is 0.143 e. The van der Waals surface area contributed by atoms with Crippen LogP contribution in [0.1, 0.15) is 317 Å². The summed E-state index contributed by atoms with van der Waals surface area (Å²) in [6.07, 6.45) is 55.2. The van der Waals surface area contributed by atoms with Gasteiger partial charge in [0.05, 0.1) is 46.4 Å². The third kappa shape index (κ3) is 23.4. The molecular weight excluding hydrogens is 1490 g/mol. The van der Waals surface area contributed by atoms with E-state index < -0.39 is 0 Å². The van der Waals surface area contributed by atoms with Crippen molar-refractivity contribution in [2.75, 3.05) is 0 Å². The monoisotopic (exact) mass is 1610 g/mol. The van der Waals surface area contributed by atoms with E-state index in [1.807, 2.05) is 54.7 Å². The molecule has 0 aliphatic rings. The number of thiophene rings is 6. The minimum Gasteiger partial charge on any atom is -0.392 e. The molecule has 108 heavy (non-hydrogen) atoms.